The molecule has 2 amide bonds. The number of carboxylic acid groups (broad SMARTS) is 1. The van der Waals surface area contributed by atoms with Gasteiger partial charge in [-0.15, -0.1) is 0 Å². The van der Waals surface area contributed by atoms with Gasteiger partial charge >= 0.3 is 5.97 Å². The predicted octanol–water partition coefficient (Wildman–Crippen LogP) is 0.0375. The molecule has 0 aromatic heterocycles. The molecular weight excluding hydrogens is 350 g/mol. The minimum atomic E-state index is -1.18. The summed E-state index contributed by atoms with van der Waals surface area (Å²) in [5.74, 6) is -2.68. The summed E-state index contributed by atoms with van der Waals surface area (Å²) in [4.78, 5) is 36.4. The fourth-order valence-corrected chi connectivity index (χ4v) is 2.48. The van der Waals surface area contributed by atoms with Crippen LogP contribution in [-0.2, 0) is 20.8 Å². The Balaban J connectivity index is 2.89. The molecule has 0 radical (unpaired) electrons. The van der Waals surface area contributed by atoms with Crippen LogP contribution in [0.4, 0.5) is 0 Å². The van der Waals surface area contributed by atoms with E-state index >= 15 is 0 Å². The molecule has 1 aromatic rings. The monoisotopic (exact) mass is 379 g/mol. The van der Waals surface area contributed by atoms with Crippen LogP contribution in [0.2, 0.25) is 0 Å². The molecule has 0 bridgehead atoms. The van der Waals surface area contributed by atoms with Crippen LogP contribution < -0.4 is 16.4 Å². The normalized spacial score (nSPS) is 16.5. The number of rotatable bonds is 10. The molecule has 0 aliphatic carbocycles. The number of carboxylic acids is 1. The first-order chi connectivity index (χ1) is 12.7. The number of aliphatic hydroxyl groups excluding tert-OH is 1. The van der Waals surface area contributed by atoms with E-state index in [1.807, 2.05) is 13.0 Å². The van der Waals surface area contributed by atoms with Crippen molar-refractivity contribution in [1.29, 1.82) is 0 Å². The molecule has 0 fully saturated rings. The van der Waals surface area contributed by atoms with Crippen molar-refractivity contribution in [2.24, 2.45) is 11.7 Å². The van der Waals surface area contributed by atoms with E-state index in [9.17, 15) is 24.6 Å². The largest absolute Gasteiger partial charge is 0.480 e. The number of hydrogen-bond acceptors (Lipinski definition) is 5. The van der Waals surface area contributed by atoms with Gasteiger partial charge in [-0.05, 0) is 18.4 Å². The summed E-state index contributed by atoms with van der Waals surface area (Å²) >= 11 is 0. The molecule has 0 aliphatic rings. The van der Waals surface area contributed by atoms with Crippen molar-refractivity contribution in [3.8, 4) is 0 Å². The Bertz CT molecular complexity index is 635. The zero-order valence-electron chi connectivity index (χ0n) is 15.9. The fraction of sp³-hybridized carbons (Fsp3) is 0.526. The molecule has 0 aliphatic heterocycles. The summed E-state index contributed by atoms with van der Waals surface area (Å²) in [6, 6.07) is 5.68. The first-order valence-electron chi connectivity index (χ1n) is 8.98. The molecule has 5 atom stereocenters. The molecule has 0 spiro atoms. The van der Waals surface area contributed by atoms with Gasteiger partial charge < -0.3 is 26.6 Å². The number of amides is 2. The topological polar surface area (TPSA) is 142 Å². The van der Waals surface area contributed by atoms with Gasteiger partial charge in [-0.25, -0.2) is 4.79 Å². The number of aliphatic carboxylic acids is 1. The van der Waals surface area contributed by atoms with Crippen LogP contribution in [0.1, 0.15) is 32.8 Å². The van der Waals surface area contributed by atoms with Crippen LogP contribution in [0.25, 0.3) is 0 Å². The Labute approximate surface area is 159 Å². The third-order valence-electron chi connectivity index (χ3n) is 4.51. The standard InChI is InChI=1S/C19H29N3O5/c1-4-11(2)16(22-17(24)15(20)12(3)23)18(25)21-14(19(26)27)10-13-8-6-5-7-9-13/h5-9,11-12,14-16,23H,4,10,20H2,1-3H3,(H,21,25)(H,22,24)(H,26,27). The van der Waals surface area contributed by atoms with E-state index in [0.717, 1.165) is 5.56 Å². The summed E-state index contributed by atoms with van der Waals surface area (Å²) < 4.78 is 0. The van der Waals surface area contributed by atoms with Crippen LogP contribution in [0.3, 0.4) is 0 Å². The average molecular weight is 379 g/mol. The quantitative estimate of drug-likeness (QED) is 0.388. The van der Waals surface area contributed by atoms with Crippen molar-refractivity contribution in [1.82, 2.24) is 10.6 Å². The van der Waals surface area contributed by atoms with Gasteiger partial charge in [0.15, 0.2) is 0 Å². The van der Waals surface area contributed by atoms with Crippen molar-refractivity contribution in [2.75, 3.05) is 0 Å². The van der Waals surface area contributed by atoms with Gasteiger partial charge in [0.1, 0.15) is 18.1 Å². The van der Waals surface area contributed by atoms with Gasteiger partial charge in [0.25, 0.3) is 0 Å². The van der Waals surface area contributed by atoms with E-state index < -0.39 is 42.0 Å². The third-order valence-corrected chi connectivity index (χ3v) is 4.51. The highest BCUT2D eigenvalue weighted by Gasteiger charge is 2.31. The molecule has 8 heteroatoms. The summed E-state index contributed by atoms with van der Waals surface area (Å²) in [7, 11) is 0. The number of carbonyl (C=O) groups excluding carboxylic acids is 2. The smallest absolute Gasteiger partial charge is 0.326 e. The minimum absolute atomic E-state index is 0.121. The van der Waals surface area contributed by atoms with Crippen LogP contribution in [-0.4, -0.2) is 52.2 Å². The van der Waals surface area contributed by atoms with Crippen molar-refractivity contribution in [2.45, 2.75) is 57.8 Å². The van der Waals surface area contributed by atoms with Gasteiger partial charge in [0, 0.05) is 6.42 Å². The summed E-state index contributed by atoms with van der Waals surface area (Å²) in [5, 5.41) is 23.9. The second kappa shape index (κ2) is 10.6. The predicted molar refractivity (Wildman–Crippen MR) is 101 cm³/mol. The van der Waals surface area contributed by atoms with E-state index in [2.05, 4.69) is 10.6 Å². The number of aliphatic hydroxyl groups is 1. The molecular formula is C19H29N3O5. The lowest BCUT2D eigenvalue weighted by Gasteiger charge is -2.27. The van der Waals surface area contributed by atoms with E-state index in [-0.39, 0.29) is 12.3 Å². The van der Waals surface area contributed by atoms with Crippen LogP contribution in [0, 0.1) is 5.92 Å². The highest BCUT2D eigenvalue weighted by atomic mass is 16.4. The molecule has 1 rings (SSSR count). The number of hydrogen-bond donors (Lipinski definition) is 5. The molecule has 27 heavy (non-hydrogen) atoms. The highest BCUT2D eigenvalue weighted by molar-refractivity contribution is 5.92. The van der Waals surface area contributed by atoms with Gasteiger partial charge in [0.05, 0.1) is 6.10 Å². The van der Waals surface area contributed by atoms with Crippen molar-refractivity contribution in [3.63, 3.8) is 0 Å². The first-order valence-corrected chi connectivity index (χ1v) is 8.98. The van der Waals surface area contributed by atoms with Crippen molar-refractivity contribution < 1.29 is 24.6 Å². The lowest BCUT2D eigenvalue weighted by atomic mass is 9.96. The lowest BCUT2D eigenvalue weighted by Crippen LogP contribution is -2.58. The Kier molecular flexibility index (Phi) is 8.90. The zero-order valence-corrected chi connectivity index (χ0v) is 15.9. The Morgan fingerprint density at radius 1 is 1.07 bits per heavy atom. The second-order valence-corrected chi connectivity index (χ2v) is 6.73. The molecule has 8 nitrogen and oxygen atoms in total. The average Bonchev–Trinajstić information content (AvgIpc) is 2.64. The summed E-state index contributed by atoms with van der Waals surface area (Å²) in [5.41, 5.74) is 6.38. The molecule has 0 heterocycles. The minimum Gasteiger partial charge on any atom is -0.480 e. The van der Waals surface area contributed by atoms with Crippen molar-refractivity contribution >= 4 is 17.8 Å². The molecule has 1 aromatic carbocycles. The van der Waals surface area contributed by atoms with Gasteiger partial charge in [-0.3, -0.25) is 9.59 Å². The second-order valence-electron chi connectivity index (χ2n) is 6.73. The summed E-state index contributed by atoms with van der Waals surface area (Å²) in [6.45, 7) is 5.00. The van der Waals surface area contributed by atoms with Gasteiger partial charge in [0.2, 0.25) is 11.8 Å². The molecule has 0 saturated heterocycles. The molecule has 0 saturated carbocycles. The molecule has 150 valence electrons. The van der Waals surface area contributed by atoms with E-state index in [1.165, 1.54) is 6.92 Å². The molecule has 6 N–H and O–H groups in total. The van der Waals surface area contributed by atoms with Crippen LogP contribution in [0.15, 0.2) is 30.3 Å². The van der Waals surface area contributed by atoms with Crippen molar-refractivity contribution in [3.05, 3.63) is 35.9 Å². The van der Waals surface area contributed by atoms with Gasteiger partial charge in [-0.1, -0.05) is 50.6 Å². The number of benzene rings is 1. The lowest BCUT2D eigenvalue weighted by molar-refractivity contribution is -0.142. The Morgan fingerprint density at radius 3 is 2.15 bits per heavy atom. The van der Waals surface area contributed by atoms with Crippen LogP contribution in [0.5, 0.6) is 0 Å². The summed E-state index contributed by atoms with van der Waals surface area (Å²) in [6.07, 6.45) is -0.370. The third kappa shape index (κ3) is 6.99. The maximum absolute atomic E-state index is 12.7. The van der Waals surface area contributed by atoms with E-state index in [0.29, 0.717) is 6.42 Å². The van der Waals surface area contributed by atoms with Gasteiger partial charge in [-0.2, -0.15) is 0 Å². The molecule has 5 unspecified atom stereocenters. The maximum Gasteiger partial charge on any atom is 0.326 e. The van der Waals surface area contributed by atoms with E-state index in [4.69, 9.17) is 5.73 Å². The first kappa shape index (κ1) is 22.6. The number of carbonyl (C=O) groups is 3. The van der Waals surface area contributed by atoms with Crippen LogP contribution >= 0.6 is 0 Å². The number of nitrogens with one attached hydrogen (secondary N) is 2. The zero-order chi connectivity index (χ0) is 20.6. The SMILES string of the molecule is CCC(C)C(NC(=O)C(N)C(C)O)C(=O)NC(Cc1ccccc1)C(=O)O. The highest BCUT2D eigenvalue weighted by Crippen LogP contribution is 2.10. The Morgan fingerprint density at radius 2 is 1.67 bits per heavy atom. The fourth-order valence-electron chi connectivity index (χ4n) is 2.48. The number of nitrogens with two attached hydrogens (primary N) is 1. The van der Waals surface area contributed by atoms with E-state index in [1.54, 1.807) is 31.2 Å². The Hall–Kier alpha value is -2.45. The maximum atomic E-state index is 12.7.